The third-order valence-electron chi connectivity index (χ3n) is 12.8. The van der Waals surface area contributed by atoms with E-state index in [1.54, 1.807) is 0 Å². The number of hydrogen-bond donors (Lipinski definition) is 0. The fraction of sp³-hybridized carbons (Fsp3) is 0.0357. The van der Waals surface area contributed by atoms with Crippen molar-refractivity contribution >= 4 is 48.6 Å². The van der Waals surface area contributed by atoms with Gasteiger partial charge in [-0.15, -0.1) is 11.3 Å². The Kier molecular flexibility index (Phi) is 7.30. The highest BCUT2D eigenvalue weighted by Crippen LogP contribution is 2.65. The topological polar surface area (TPSA) is 3.24 Å². The summed E-state index contributed by atoms with van der Waals surface area (Å²) in [6.45, 7) is 0. The summed E-state index contributed by atoms with van der Waals surface area (Å²) in [5.74, 6) is 0. The Morgan fingerprint density at radius 1 is 0.328 bits per heavy atom. The lowest BCUT2D eigenvalue weighted by atomic mass is 9.51. The van der Waals surface area contributed by atoms with Gasteiger partial charge in [0.05, 0.1) is 21.2 Å². The Labute approximate surface area is 342 Å². The van der Waals surface area contributed by atoms with Crippen LogP contribution in [0.25, 0.3) is 31.3 Å². The minimum Gasteiger partial charge on any atom is -0.309 e. The lowest BCUT2D eigenvalue weighted by Gasteiger charge is -2.50. The number of thiophene rings is 1. The van der Waals surface area contributed by atoms with E-state index in [1.165, 1.54) is 81.5 Å². The number of anilines is 3. The summed E-state index contributed by atoms with van der Waals surface area (Å²) in [5.41, 5.74) is 15.4. The molecule has 58 heavy (non-hydrogen) atoms. The van der Waals surface area contributed by atoms with Crippen LogP contribution >= 0.6 is 11.3 Å². The van der Waals surface area contributed by atoms with Gasteiger partial charge in [0, 0.05) is 26.8 Å². The van der Waals surface area contributed by atoms with E-state index in [1.807, 2.05) is 11.3 Å². The molecule has 2 heteroatoms. The molecule has 2 aliphatic rings. The molecule has 10 aromatic rings. The van der Waals surface area contributed by atoms with E-state index in [0.29, 0.717) is 0 Å². The van der Waals surface area contributed by atoms with Crippen molar-refractivity contribution in [2.24, 2.45) is 0 Å². The molecule has 2 aliphatic carbocycles. The average Bonchev–Trinajstić information content (AvgIpc) is 3.82. The molecule has 0 N–H and O–H groups in total. The van der Waals surface area contributed by atoms with Crippen LogP contribution in [0, 0.1) is 0 Å². The molecule has 9 aromatic carbocycles. The molecule has 12 rings (SSSR count). The van der Waals surface area contributed by atoms with Gasteiger partial charge in [0.1, 0.15) is 0 Å². The standard InChI is InChI=1S/C56H37NS/c1-4-19-38(20-5-1)55(39-21-6-2-7-22-39)47-29-13-15-31-49(47)56(50-32-16-14-30-48(50)55)46-28-12-10-25-42(46)43-36-35-41(37-51(43)56)57(40-23-8-3-9-24-40)52-33-18-27-45-44-26-11-17-34-53(44)58-54(45)52/h1-37H. The SMILES string of the molecule is c1ccc(N(c2ccc3c(c2)C2(c4ccccc4-3)c3ccccc3C(c3ccccc3)(c3ccccc3)c3ccccc32)c2cccc3c2sc2ccccc23)cc1. The van der Waals surface area contributed by atoms with Gasteiger partial charge in [-0.1, -0.05) is 188 Å². The van der Waals surface area contributed by atoms with Gasteiger partial charge in [-0.25, -0.2) is 0 Å². The van der Waals surface area contributed by atoms with Crippen LogP contribution in [-0.2, 0) is 10.8 Å². The van der Waals surface area contributed by atoms with Gasteiger partial charge in [0.15, 0.2) is 0 Å². The molecule has 0 bridgehead atoms. The predicted octanol–water partition coefficient (Wildman–Crippen LogP) is 14.6. The quantitative estimate of drug-likeness (QED) is 0.169. The second kappa shape index (κ2) is 12.8. The van der Waals surface area contributed by atoms with Crippen molar-refractivity contribution < 1.29 is 0 Å². The summed E-state index contributed by atoms with van der Waals surface area (Å²) in [4.78, 5) is 2.48. The highest BCUT2D eigenvalue weighted by Gasteiger charge is 2.56. The van der Waals surface area contributed by atoms with Gasteiger partial charge in [-0.05, 0) is 92.0 Å². The van der Waals surface area contributed by atoms with Crippen molar-refractivity contribution in [2.75, 3.05) is 4.90 Å². The van der Waals surface area contributed by atoms with Crippen LogP contribution in [0.3, 0.4) is 0 Å². The maximum Gasteiger partial charge on any atom is 0.0720 e. The molecule has 1 spiro atoms. The lowest BCUT2D eigenvalue weighted by molar-refractivity contribution is 0.623. The molecule has 1 heterocycles. The summed E-state index contributed by atoms with van der Waals surface area (Å²) in [7, 11) is 0. The van der Waals surface area contributed by atoms with Crippen LogP contribution in [0.2, 0.25) is 0 Å². The van der Waals surface area contributed by atoms with Gasteiger partial charge in [-0.2, -0.15) is 0 Å². The second-order valence-electron chi connectivity index (χ2n) is 15.5. The highest BCUT2D eigenvalue weighted by molar-refractivity contribution is 7.26. The van der Waals surface area contributed by atoms with Crippen molar-refractivity contribution in [3.05, 3.63) is 269 Å². The first-order valence-electron chi connectivity index (χ1n) is 20.1. The molecule has 272 valence electrons. The minimum absolute atomic E-state index is 0.539. The van der Waals surface area contributed by atoms with E-state index in [2.05, 4.69) is 229 Å². The second-order valence-corrected chi connectivity index (χ2v) is 16.6. The maximum absolute atomic E-state index is 2.51. The maximum atomic E-state index is 2.51. The van der Waals surface area contributed by atoms with Crippen molar-refractivity contribution in [1.29, 1.82) is 0 Å². The third kappa shape index (κ3) is 4.41. The van der Waals surface area contributed by atoms with E-state index < -0.39 is 10.8 Å². The smallest absolute Gasteiger partial charge is 0.0720 e. The summed E-state index contributed by atoms with van der Waals surface area (Å²) in [6.07, 6.45) is 0. The summed E-state index contributed by atoms with van der Waals surface area (Å²) in [6, 6.07) is 83.8. The van der Waals surface area contributed by atoms with Crippen LogP contribution in [0.1, 0.15) is 44.5 Å². The largest absolute Gasteiger partial charge is 0.309 e. The zero-order chi connectivity index (χ0) is 38.3. The minimum atomic E-state index is -0.575. The summed E-state index contributed by atoms with van der Waals surface area (Å²) < 4.78 is 2.59. The first-order chi connectivity index (χ1) is 28.8. The molecular weight excluding hydrogens is 719 g/mol. The molecule has 0 atom stereocenters. The van der Waals surface area contributed by atoms with Gasteiger partial charge in [0.2, 0.25) is 0 Å². The molecule has 0 radical (unpaired) electrons. The zero-order valence-corrected chi connectivity index (χ0v) is 32.5. The number of para-hydroxylation sites is 1. The van der Waals surface area contributed by atoms with Crippen LogP contribution in [0.4, 0.5) is 17.1 Å². The molecule has 0 amide bonds. The van der Waals surface area contributed by atoms with E-state index in [-0.39, 0.29) is 0 Å². The predicted molar refractivity (Wildman–Crippen MR) is 243 cm³/mol. The monoisotopic (exact) mass is 755 g/mol. The van der Waals surface area contributed by atoms with Gasteiger partial charge in [0.25, 0.3) is 0 Å². The first kappa shape index (κ1) is 33.2. The van der Waals surface area contributed by atoms with Crippen LogP contribution < -0.4 is 4.90 Å². The number of fused-ring (bicyclic) bond motifs is 12. The van der Waals surface area contributed by atoms with E-state index in [0.717, 1.165) is 11.4 Å². The van der Waals surface area contributed by atoms with E-state index in [9.17, 15) is 0 Å². The van der Waals surface area contributed by atoms with Gasteiger partial charge >= 0.3 is 0 Å². The third-order valence-corrected chi connectivity index (χ3v) is 14.0. The molecule has 0 aliphatic heterocycles. The van der Waals surface area contributed by atoms with Crippen molar-refractivity contribution in [3.63, 3.8) is 0 Å². The summed E-state index contributed by atoms with van der Waals surface area (Å²) in [5, 5.41) is 2.59. The van der Waals surface area contributed by atoms with Gasteiger partial charge < -0.3 is 4.90 Å². The van der Waals surface area contributed by atoms with Gasteiger partial charge in [-0.3, -0.25) is 0 Å². The Hall–Kier alpha value is -7.00. The number of nitrogens with zero attached hydrogens (tertiary/aromatic N) is 1. The van der Waals surface area contributed by atoms with Crippen LogP contribution in [0.5, 0.6) is 0 Å². The van der Waals surface area contributed by atoms with Crippen LogP contribution in [0.15, 0.2) is 224 Å². The van der Waals surface area contributed by atoms with Crippen molar-refractivity contribution in [1.82, 2.24) is 0 Å². The first-order valence-corrected chi connectivity index (χ1v) is 20.9. The Morgan fingerprint density at radius 2 is 0.828 bits per heavy atom. The molecule has 0 saturated heterocycles. The zero-order valence-electron chi connectivity index (χ0n) is 31.7. The lowest BCUT2D eigenvalue weighted by Crippen LogP contribution is -2.44. The number of rotatable bonds is 5. The van der Waals surface area contributed by atoms with E-state index in [4.69, 9.17) is 0 Å². The van der Waals surface area contributed by atoms with E-state index >= 15 is 0 Å². The van der Waals surface area contributed by atoms with Crippen molar-refractivity contribution in [2.45, 2.75) is 10.8 Å². The molecule has 0 saturated carbocycles. The highest BCUT2D eigenvalue weighted by atomic mass is 32.1. The Bertz CT molecular complexity index is 3090. The van der Waals surface area contributed by atoms with Crippen LogP contribution in [-0.4, -0.2) is 0 Å². The summed E-state index contributed by atoms with van der Waals surface area (Å²) >= 11 is 1.88. The molecule has 0 fully saturated rings. The Balaban J connectivity index is 1.19. The molecule has 0 unspecified atom stereocenters. The Morgan fingerprint density at radius 3 is 1.48 bits per heavy atom. The fourth-order valence-corrected chi connectivity index (χ4v) is 11.8. The number of benzene rings is 9. The molecule has 1 nitrogen and oxygen atoms in total. The normalized spacial score (nSPS) is 14.1. The molecular formula is C56H37NS. The molecule has 1 aromatic heterocycles. The number of hydrogen-bond acceptors (Lipinski definition) is 2. The average molecular weight is 756 g/mol. The fourth-order valence-electron chi connectivity index (χ4n) is 10.6. The van der Waals surface area contributed by atoms with Crippen molar-refractivity contribution in [3.8, 4) is 11.1 Å².